The first-order chi connectivity index (χ1) is 14.9. The zero-order chi connectivity index (χ0) is 27.8. The van der Waals surface area contributed by atoms with Crippen molar-refractivity contribution in [3.8, 4) is 0 Å². The fourth-order valence-corrected chi connectivity index (χ4v) is 2.87. The molecule has 0 rings (SSSR count). The minimum Gasteiger partial charge on any atom is -0.465 e. The zero-order valence-corrected chi connectivity index (χ0v) is 23.4. The maximum absolute atomic E-state index is 12.4. The smallest absolute Gasteiger partial charge is 0.417 e. The van der Waals surface area contributed by atoms with Gasteiger partial charge in [-0.3, -0.25) is 9.59 Å². The molecular formula is C26H49F3O5. The Kier molecular flexibility index (Phi) is 13.5. The van der Waals surface area contributed by atoms with Crippen molar-refractivity contribution in [2.45, 2.75) is 127 Å². The Morgan fingerprint density at radius 3 is 1.56 bits per heavy atom. The molecule has 3 atom stereocenters. The molecule has 0 aliphatic heterocycles. The first-order valence-corrected chi connectivity index (χ1v) is 12.1. The van der Waals surface area contributed by atoms with Crippen LogP contribution in [0.25, 0.3) is 0 Å². The van der Waals surface area contributed by atoms with Gasteiger partial charge in [-0.25, -0.2) is 0 Å². The highest BCUT2D eigenvalue weighted by Crippen LogP contribution is 2.34. The van der Waals surface area contributed by atoms with Crippen molar-refractivity contribution in [1.29, 1.82) is 0 Å². The normalized spacial score (nSPS) is 16.5. The molecule has 204 valence electrons. The van der Waals surface area contributed by atoms with Crippen molar-refractivity contribution >= 4 is 11.9 Å². The average Bonchev–Trinajstić information content (AvgIpc) is 2.63. The molecule has 0 radical (unpaired) electrons. The quantitative estimate of drug-likeness (QED) is 0.325. The largest absolute Gasteiger partial charge is 0.465 e. The third kappa shape index (κ3) is 13.5. The van der Waals surface area contributed by atoms with Crippen LogP contribution >= 0.6 is 0 Å². The van der Waals surface area contributed by atoms with E-state index in [-0.39, 0.29) is 11.4 Å². The van der Waals surface area contributed by atoms with Gasteiger partial charge in [0.2, 0.25) is 0 Å². The third-order valence-corrected chi connectivity index (χ3v) is 5.94. The molecule has 0 fully saturated rings. The van der Waals surface area contributed by atoms with Gasteiger partial charge in [-0.15, -0.1) is 0 Å². The molecule has 0 saturated heterocycles. The van der Waals surface area contributed by atoms with Crippen molar-refractivity contribution in [2.24, 2.45) is 22.2 Å². The Hall–Kier alpha value is -1.31. The third-order valence-electron chi connectivity index (χ3n) is 5.94. The Labute approximate surface area is 205 Å². The van der Waals surface area contributed by atoms with Gasteiger partial charge in [0, 0.05) is 6.42 Å². The highest BCUT2D eigenvalue weighted by atomic mass is 19.4. The lowest BCUT2D eigenvalue weighted by Gasteiger charge is -2.30. The zero-order valence-electron chi connectivity index (χ0n) is 23.4. The minimum absolute atomic E-state index is 0.0734. The molecular weight excluding hydrogens is 449 g/mol. The Bertz CT molecular complexity index is 631. The van der Waals surface area contributed by atoms with E-state index in [9.17, 15) is 27.9 Å². The first kappa shape index (κ1) is 34.9. The number of carbonyl (C=O) groups is 2. The Balaban J connectivity index is 0. The number of halogens is 3. The lowest BCUT2D eigenvalue weighted by Crippen LogP contribution is -2.45. The molecule has 0 aromatic rings. The summed E-state index contributed by atoms with van der Waals surface area (Å²) in [4.78, 5) is 23.4. The summed E-state index contributed by atoms with van der Waals surface area (Å²) in [6.45, 7) is 22.3. The fourth-order valence-electron chi connectivity index (χ4n) is 2.87. The number of aliphatic hydroxyl groups is 1. The lowest BCUT2D eigenvalue weighted by molar-refractivity contribution is -0.261. The lowest BCUT2D eigenvalue weighted by atomic mass is 9.86. The van der Waals surface area contributed by atoms with Gasteiger partial charge in [-0.1, -0.05) is 41.5 Å². The molecule has 5 nitrogen and oxygen atoms in total. The summed E-state index contributed by atoms with van der Waals surface area (Å²) in [5.41, 5.74) is -3.64. The maximum Gasteiger partial charge on any atom is 0.417 e. The van der Waals surface area contributed by atoms with Gasteiger partial charge in [0.25, 0.3) is 0 Å². The van der Waals surface area contributed by atoms with E-state index in [1.54, 1.807) is 20.8 Å². The SMILES string of the molecule is CCC(C)(C)C(=O)OC(C)CC(C)(O)C(F)(F)F.CCC(C)(C)C(=O)OCC(C)CC(C)(C)C. The summed E-state index contributed by atoms with van der Waals surface area (Å²) in [5.74, 6) is -0.206. The van der Waals surface area contributed by atoms with E-state index in [1.807, 2.05) is 20.8 Å². The number of carbonyl (C=O) groups excluding carboxylic acids is 2. The van der Waals surface area contributed by atoms with Crippen molar-refractivity contribution in [3.05, 3.63) is 0 Å². The molecule has 0 aromatic heterocycles. The van der Waals surface area contributed by atoms with Gasteiger partial charge < -0.3 is 14.6 Å². The highest BCUT2D eigenvalue weighted by Gasteiger charge is 2.51. The summed E-state index contributed by atoms with van der Waals surface area (Å²) in [5, 5.41) is 9.28. The van der Waals surface area contributed by atoms with E-state index in [4.69, 9.17) is 9.47 Å². The van der Waals surface area contributed by atoms with E-state index in [1.165, 1.54) is 6.92 Å². The van der Waals surface area contributed by atoms with Gasteiger partial charge in [0.15, 0.2) is 5.60 Å². The number of rotatable bonds is 10. The van der Waals surface area contributed by atoms with E-state index >= 15 is 0 Å². The molecule has 8 heteroatoms. The molecule has 0 heterocycles. The Morgan fingerprint density at radius 1 is 0.794 bits per heavy atom. The molecule has 0 aromatic carbocycles. The minimum atomic E-state index is -4.74. The number of alkyl halides is 3. The number of hydrogen-bond donors (Lipinski definition) is 1. The maximum atomic E-state index is 12.4. The van der Waals surface area contributed by atoms with Gasteiger partial charge in [-0.2, -0.15) is 13.2 Å². The summed E-state index contributed by atoms with van der Waals surface area (Å²) in [6.07, 6.45) is -4.00. The number of ether oxygens (including phenoxy) is 2. The second-order valence-corrected chi connectivity index (χ2v) is 12.1. The van der Waals surface area contributed by atoms with Gasteiger partial charge in [-0.05, 0) is 72.1 Å². The summed E-state index contributed by atoms with van der Waals surface area (Å²) >= 11 is 0. The van der Waals surface area contributed by atoms with Crippen LogP contribution in [0.15, 0.2) is 0 Å². The van der Waals surface area contributed by atoms with Gasteiger partial charge in [0.1, 0.15) is 6.10 Å². The van der Waals surface area contributed by atoms with E-state index in [0.717, 1.165) is 12.8 Å². The fraction of sp³-hybridized carbons (Fsp3) is 0.923. The summed E-state index contributed by atoms with van der Waals surface area (Å²) in [7, 11) is 0. The monoisotopic (exact) mass is 498 g/mol. The molecule has 0 bridgehead atoms. The van der Waals surface area contributed by atoms with Crippen LogP contribution in [0.4, 0.5) is 13.2 Å². The molecule has 0 saturated carbocycles. The molecule has 0 aliphatic rings. The second-order valence-electron chi connectivity index (χ2n) is 12.1. The Morgan fingerprint density at radius 2 is 1.21 bits per heavy atom. The van der Waals surface area contributed by atoms with Crippen LogP contribution in [-0.4, -0.2) is 41.5 Å². The van der Waals surface area contributed by atoms with Crippen LogP contribution in [0.3, 0.4) is 0 Å². The molecule has 0 spiro atoms. The van der Waals surface area contributed by atoms with Crippen molar-refractivity contribution < 1.29 is 37.3 Å². The van der Waals surface area contributed by atoms with Crippen LogP contribution in [0.5, 0.6) is 0 Å². The van der Waals surface area contributed by atoms with Crippen LogP contribution in [0, 0.1) is 22.2 Å². The highest BCUT2D eigenvalue weighted by molar-refractivity contribution is 5.76. The molecule has 1 N–H and O–H groups in total. The standard InChI is InChI=1S/C14H28O2.C12H21F3O3/c1-8-14(6,7)12(15)16-10-11(2)9-13(3,4)5;1-6-10(3,4)9(16)18-8(2)7-11(5,17)12(13,14)15/h11H,8-10H2,1-7H3;8,17H,6-7H2,1-5H3. The van der Waals surface area contributed by atoms with Crippen molar-refractivity contribution in [3.63, 3.8) is 0 Å². The van der Waals surface area contributed by atoms with Crippen molar-refractivity contribution in [2.75, 3.05) is 6.61 Å². The van der Waals surface area contributed by atoms with Crippen LogP contribution in [0.2, 0.25) is 0 Å². The van der Waals surface area contributed by atoms with E-state index < -0.39 is 35.7 Å². The second kappa shape index (κ2) is 13.1. The average molecular weight is 499 g/mol. The number of esters is 2. The first-order valence-electron chi connectivity index (χ1n) is 12.1. The van der Waals surface area contributed by atoms with Crippen molar-refractivity contribution in [1.82, 2.24) is 0 Å². The predicted molar refractivity (Wildman–Crippen MR) is 129 cm³/mol. The molecule has 0 amide bonds. The summed E-state index contributed by atoms with van der Waals surface area (Å²) in [6, 6.07) is 0. The van der Waals surface area contributed by atoms with Crippen LogP contribution < -0.4 is 0 Å². The molecule has 0 aliphatic carbocycles. The summed E-state index contributed by atoms with van der Waals surface area (Å²) < 4.78 is 47.6. The van der Waals surface area contributed by atoms with Gasteiger partial charge in [0.05, 0.1) is 17.4 Å². The van der Waals surface area contributed by atoms with Crippen LogP contribution in [0.1, 0.15) is 109 Å². The number of hydrogen-bond acceptors (Lipinski definition) is 5. The van der Waals surface area contributed by atoms with Crippen LogP contribution in [-0.2, 0) is 19.1 Å². The topological polar surface area (TPSA) is 72.8 Å². The molecule has 3 unspecified atom stereocenters. The predicted octanol–water partition coefficient (Wildman–Crippen LogP) is 7.10. The van der Waals surface area contributed by atoms with E-state index in [2.05, 4.69) is 27.7 Å². The van der Waals surface area contributed by atoms with E-state index in [0.29, 0.717) is 31.3 Å². The van der Waals surface area contributed by atoms with Gasteiger partial charge >= 0.3 is 18.1 Å². The molecule has 34 heavy (non-hydrogen) atoms.